The number of hydrogen-bond donors (Lipinski definition) is 2. The highest BCUT2D eigenvalue weighted by Crippen LogP contribution is 2.18. The van der Waals surface area contributed by atoms with Gasteiger partial charge in [-0.05, 0) is 48.7 Å². The van der Waals surface area contributed by atoms with Crippen molar-refractivity contribution in [2.24, 2.45) is 0 Å². The van der Waals surface area contributed by atoms with E-state index < -0.39 is 0 Å². The molecule has 1 aliphatic heterocycles. The molecular weight excluding hydrogens is 400 g/mol. The molecule has 1 saturated heterocycles. The lowest BCUT2D eigenvalue weighted by atomic mass is 10.1. The number of nitrogens with one attached hydrogen (secondary N) is 2. The van der Waals surface area contributed by atoms with Crippen molar-refractivity contribution in [3.63, 3.8) is 0 Å². The second-order valence-electron chi connectivity index (χ2n) is 7.75. The molecular formula is C23H29ClN4O2. The van der Waals surface area contributed by atoms with Gasteiger partial charge in [-0.1, -0.05) is 35.9 Å². The van der Waals surface area contributed by atoms with Crippen LogP contribution in [0.3, 0.4) is 0 Å². The summed E-state index contributed by atoms with van der Waals surface area (Å²) in [7, 11) is 0. The van der Waals surface area contributed by atoms with Gasteiger partial charge >= 0.3 is 0 Å². The Morgan fingerprint density at radius 3 is 2.13 bits per heavy atom. The number of carbonyl (C=O) groups is 2. The van der Waals surface area contributed by atoms with Gasteiger partial charge in [-0.2, -0.15) is 0 Å². The predicted molar refractivity (Wildman–Crippen MR) is 121 cm³/mol. The van der Waals surface area contributed by atoms with Gasteiger partial charge < -0.3 is 10.6 Å². The molecule has 1 heterocycles. The number of hydrogen-bond acceptors (Lipinski definition) is 4. The Morgan fingerprint density at radius 2 is 1.50 bits per heavy atom. The van der Waals surface area contributed by atoms with Crippen LogP contribution in [0.2, 0.25) is 5.02 Å². The Kier molecular flexibility index (Phi) is 7.85. The van der Waals surface area contributed by atoms with Crippen LogP contribution in [0.25, 0.3) is 0 Å². The zero-order valence-corrected chi connectivity index (χ0v) is 18.3. The average molecular weight is 429 g/mol. The lowest BCUT2D eigenvalue weighted by molar-refractivity contribution is -0.123. The number of rotatable bonds is 7. The third-order valence-corrected chi connectivity index (χ3v) is 5.73. The van der Waals surface area contributed by atoms with E-state index in [1.54, 1.807) is 0 Å². The van der Waals surface area contributed by atoms with Crippen LogP contribution in [-0.4, -0.2) is 60.9 Å². The van der Waals surface area contributed by atoms with E-state index in [9.17, 15) is 9.59 Å². The summed E-state index contributed by atoms with van der Waals surface area (Å²) in [6.07, 6.45) is 0. The zero-order valence-electron chi connectivity index (χ0n) is 17.6. The van der Waals surface area contributed by atoms with Gasteiger partial charge in [-0.15, -0.1) is 0 Å². The molecule has 0 saturated carbocycles. The van der Waals surface area contributed by atoms with Crippen molar-refractivity contribution < 1.29 is 9.59 Å². The van der Waals surface area contributed by atoms with Gasteiger partial charge in [0.1, 0.15) is 0 Å². The third-order valence-electron chi connectivity index (χ3n) is 5.48. The zero-order chi connectivity index (χ0) is 21.5. The number of aryl methyl sites for hydroxylation is 1. The summed E-state index contributed by atoms with van der Waals surface area (Å²) in [5.41, 5.74) is 4.15. The maximum absolute atomic E-state index is 12.4. The quantitative estimate of drug-likeness (QED) is 0.711. The first-order valence-corrected chi connectivity index (χ1v) is 10.6. The first-order valence-electron chi connectivity index (χ1n) is 10.2. The number of halogens is 1. The Balaban J connectivity index is 1.37. The first kappa shape index (κ1) is 22.3. The molecule has 2 N–H and O–H groups in total. The summed E-state index contributed by atoms with van der Waals surface area (Å²) in [6.45, 7) is 8.36. The smallest absolute Gasteiger partial charge is 0.238 e. The van der Waals surface area contributed by atoms with Gasteiger partial charge in [0.15, 0.2) is 0 Å². The van der Waals surface area contributed by atoms with E-state index in [4.69, 9.17) is 11.6 Å². The molecule has 2 aromatic carbocycles. The Morgan fingerprint density at radius 1 is 0.900 bits per heavy atom. The molecule has 160 valence electrons. The van der Waals surface area contributed by atoms with Crippen LogP contribution >= 0.6 is 11.6 Å². The van der Waals surface area contributed by atoms with Crippen LogP contribution in [0.15, 0.2) is 42.5 Å². The summed E-state index contributed by atoms with van der Waals surface area (Å²) >= 11 is 5.88. The van der Waals surface area contributed by atoms with E-state index in [1.807, 2.05) is 56.3 Å². The molecule has 0 radical (unpaired) electrons. The fraction of sp³-hybridized carbons (Fsp3) is 0.391. The van der Waals surface area contributed by atoms with Crippen LogP contribution in [0.1, 0.15) is 16.7 Å². The highest BCUT2D eigenvalue weighted by atomic mass is 35.5. The average Bonchev–Trinajstić information content (AvgIpc) is 2.72. The SMILES string of the molecule is Cc1cccc(NC(=O)CN2CCN(CC(=O)NCc3ccc(Cl)cc3)CC2)c1C. The topological polar surface area (TPSA) is 64.7 Å². The Bertz CT molecular complexity index is 877. The van der Waals surface area contributed by atoms with E-state index in [0.29, 0.717) is 24.7 Å². The monoisotopic (exact) mass is 428 g/mol. The fourth-order valence-corrected chi connectivity index (χ4v) is 3.57. The van der Waals surface area contributed by atoms with Crippen LogP contribution in [0.4, 0.5) is 5.69 Å². The van der Waals surface area contributed by atoms with Crippen molar-refractivity contribution in [1.29, 1.82) is 0 Å². The van der Waals surface area contributed by atoms with E-state index in [1.165, 1.54) is 0 Å². The number of carbonyl (C=O) groups excluding carboxylic acids is 2. The normalized spacial score (nSPS) is 15.0. The van der Waals surface area contributed by atoms with Crippen molar-refractivity contribution >= 4 is 29.1 Å². The van der Waals surface area contributed by atoms with Gasteiger partial charge in [-0.3, -0.25) is 19.4 Å². The minimum Gasteiger partial charge on any atom is -0.351 e. The second kappa shape index (κ2) is 10.6. The maximum atomic E-state index is 12.4. The lowest BCUT2D eigenvalue weighted by Crippen LogP contribution is -2.50. The molecule has 0 aliphatic carbocycles. The molecule has 1 aliphatic rings. The summed E-state index contributed by atoms with van der Waals surface area (Å²) in [6, 6.07) is 13.4. The number of amides is 2. The van der Waals surface area contributed by atoms with Crippen LogP contribution < -0.4 is 10.6 Å². The summed E-state index contributed by atoms with van der Waals surface area (Å²) in [5.74, 6) is 0.00363. The van der Waals surface area contributed by atoms with Gasteiger partial charge in [0.25, 0.3) is 0 Å². The van der Waals surface area contributed by atoms with Gasteiger partial charge in [0, 0.05) is 43.4 Å². The molecule has 30 heavy (non-hydrogen) atoms. The van der Waals surface area contributed by atoms with Crippen molar-refractivity contribution in [3.8, 4) is 0 Å². The van der Waals surface area contributed by atoms with Gasteiger partial charge in [0.2, 0.25) is 11.8 Å². The van der Waals surface area contributed by atoms with E-state index in [0.717, 1.165) is 48.6 Å². The standard InChI is InChI=1S/C23H29ClN4O2/c1-17-4-3-5-21(18(17)2)26-23(30)16-28-12-10-27(11-13-28)15-22(29)25-14-19-6-8-20(24)9-7-19/h3-9H,10-16H2,1-2H3,(H,25,29)(H,26,30). The molecule has 0 spiro atoms. The summed E-state index contributed by atoms with van der Waals surface area (Å²) in [4.78, 5) is 28.9. The summed E-state index contributed by atoms with van der Waals surface area (Å²) in [5, 5.41) is 6.64. The summed E-state index contributed by atoms with van der Waals surface area (Å²) < 4.78 is 0. The largest absolute Gasteiger partial charge is 0.351 e. The minimum absolute atomic E-state index is 0.00198. The molecule has 1 fully saturated rings. The molecule has 7 heteroatoms. The predicted octanol–water partition coefficient (Wildman–Crippen LogP) is 2.83. The van der Waals surface area contributed by atoms with Gasteiger partial charge in [-0.25, -0.2) is 0 Å². The van der Waals surface area contributed by atoms with Crippen LogP contribution in [0, 0.1) is 13.8 Å². The van der Waals surface area contributed by atoms with Crippen LogP contribution in [0.5, 0.6) is 0 Å². The number of nitrogens with zero attached hydrogens (tertiary/aromatic N) is 2. The second-order valence-corrected chi connectivity index (χ2v) is 8.19. The van der Waals surface area contributed by atoms with Crippen LogP contribution in [-0.2, 0) is 16.1 Å². The molecule has 0 bridgehead atoms. The molecule has 0 atom stereocenters. The van der Waals surface area contributed by atoms with Crippen molar-refractivity contribution in [1.82, 2.24) is 15.1 Å². The van der Waals surface area contributed by atoms with Gasteiger partial charge in [0.05, 0.1) is 13.1 Å². The first-order chi connectivity index (χ1) is 14.4. The third kappa shape index (κ3) is 6.55. The molecule has 0 unspecified atom stereocenters. The Hall–Kier alpha value is -2.41. The molecule has 0 aromatic heterocycles. The molecule has 2 amide bonds. The van der Waals surface area contributed by atoms with E-state index in [-0.39, 0.29) is 11.8 Å². The number of benzene rings is 2. The van der Waals surface area contributed by atoms with Crippen molar-refractivity contribution in [2.75, 3.05) is 44.6 Å². The Labute approximate surface area is 183 Å². The number of piperazine rings is 1. The fourth-order valence-electron chi connectivity index (χ4n) is 3.45. The number of anilines is 1. The highest BCUT2D eigenvalue weighted by molar-refractivity contribution is 6.30. The lowest BCUT2D eigenvalue weighted by Gasteiger charge is -2.33. The highest BCUT2D eigenvalue weighted by Gasteiger charge is 2.20. The molecule has 6 nitrogen and oxygen atoms in total. The molecule has 2 aromatic rings. The van der Waals surface area contributed by atoms with Crippen molar-refractivity contribution in [2.45, 2.75) is 20.4 Å². The minimum atomic E-state index is -0.00198. The molecule has 3 rings (SSSR count). The maximum Gasteiger partial charge on any atom is 0.238 e. The van der Waals surface area contributed by atoms with E-state index in [2.05, 4.69) is 20.4 Å². The van der Waals surface area contributed by atoms with Crippen molar-refractivity contribution in [3.05, 3.63) is 64.2 Å². The van der Waals surface area contributed by atoms with E-state index >= 15 is 0 Å².